The molecule has 1 aromatic rings. The molecule has 1 aliphatic rings. The first-order chi connectivity index (χ1) is 6.75. The fourth-order valence-corrected chi connectivity index (χ4v) is 1.81. The predicted molar refractivity (Wildman–Crippen MR) is 55.2 cm³/mol. The van der Waals surface area contributed by atoms with E-state index in [0.717, 1.165) is 12.4 Å². The van der Waals surface area contributed by atoms with Gasteiger partial charge in [0.15, 0.2) is 5.82 Å². The van der Waals surface area contributed by atoms with E-state index in [9.17, 15) is 0 Å². The van der Waals surface area contributed by atoms with E-state index in [1.165, 1.54) is 25.9 Å². The lowest BCUT2D eigenvalue weighted by atomic mass is 10.4. The molecule has 1 fully saturated rings. The van der Waals surface area contributed by atoms with Crippen LogP contribution in [0.4, 0.5) is 0 Å². The van der Waals surface area contributed by atoms with Crippen LogP contribution < -0.4 is 0 Å². The lowest BCUT2D eigenvalue weighted by Crippen LogP contribution is -2.19. The summed E-state index contributed by atoms with van der Waals surface area (Å²) in [6.07, 6.45) is 2.60. The zero-order valence-electron chi connectivity index (χ0n) is 8.33. The minimum Gasteiger partial charge on any atom is -0.296 e. The van der Waals surface area contributed by atoms with Crippen LogP contribution in [0.15, 0.2) is 0 Å². The van der Waals surface area contributed by atoms with Crippen molar-refractivity contribution < 1.29 is 0 Å². The van der Waals surface area contributed by atoms with Gasteiger partial charge in [-0.2, -0.15) is 5.10 Å². The van der Waals surface area contributed by atoms with Crippen molar-refractivity contribution in [2.75, 3.05) is 13.1 Å². The highest BCUT2D eigenvalue weighted by atomic mass is 35.5. The fourth-order valence-electron chi connectivity index (χ4n) is 1.71. The highest BCUT2D eigenvalue weighted by molar-refractivity contribution is 6.20. The highest BCUT2D eigenvalue weighted by Gasteiger charge is 2.15. The molecule has 4 nitrogen and oxygen atoms in total. The SMILES string of the molecule is CC(Cl)c1n[nH]c(CN2CCCC2)n1. The minimum atomic E-state index is -0.112. The maximum atomic E-state index is 5.87. The quantitative estimate of drug-likeness (QED) is 0.780. The van der Waals surface area contributed by atoms with Crippen LogP contribution in [0, 0.1) is 0 Å². The second kappa shape index (κ2) is 4.28. The minimum absolute atomic E-state index is 0.112. The molecule has 2 heterocycles. The van der Waals surface area contributed by atoms with Crippen molar-refractivity contribution >= 4 is 11.6 Å². The van der Waals surface area contributed by atoms with Crippen molar-refractivity contribution in [2.45, 2.75) is 31.7 Å². The first-order valence-corrected chi connectivity index (χ1v) is 5.47. The zero-order valence-corrected chi connectivity index (χ0v) is 9.09. The number of nitrogens with one attached hydrogen (secondary N) is 1. The summed E-state index contributed by atoms with van der Waals surface area (Å²) in [6, 6.07) is 0. The molecule has 2 rings (SSSR count). The molecular weight excluding hydrogens is 200 g/mol. The molecule has 1 unspecified atom stereocenters. The molecule has 0 amide bonds. The van der Waals surface area contributed by atoms with Gasteiger partial charge in [-0.25, -0.2) is 4.98 Å². The molecule has 0 aromatic carbocycles. The van der Waals surface area contributed by atoms with Gasteiger partial charge < -0.3 is 0 Å². The van der Waals surface area contributed by atoms with Crippen LogP contribution >= 0.6 is 11.6 Å². The van der Waals surface area contributed by atoms with Crippen LogP contribution in [0.3, 0.4) is 0 Å². The summed E-state index contributed by atoms with van der Waals surface area (Å²) in [5, 5.41) is 6.88. The average molecular weight is 215 g/mol. The van der Waals surface area contributed by atoms with Crippen LogP contribution in [-0.2, 0) is 6.54 Å². The van der Waals surface area contributed by atoms with Crippen molar-refractivity contribution in [3.63, 3.8) is 0 Å². The lowest BCUT2D eigenvalue weighted by Gasteiger charge is -2.11. The zero-order chi connectivity index (χ0) is 9.97. The molecule has 0 bridgehead atoms. The molecule has 1 aliphatic heterocycles. The molecule has 1 aromatic heterocycles. The number of aromatic nitrogens is 3. The number of hydrogen-bond donors (Lipinski definition) is 1. The second-order valence-electron chi connectivity index (χ2n) is 3.74. The van der Waals surface area contributed by atoms with Crippen LogP contribution in [0.5, 0.6) is 0 Å². The largest absolute Gasteiger partial charge is 0.296 e. The van der Waals surface area contributed by atoms with E-state index >= 15 is 0 Å². The summed E-state index contributed by atoms with van der Waals surface area (Å²) >= 11 is 5.87. The second-order valence-corrected chi connectivity index (χ2v) is 4.39. The monoisotopic (exact) mass is 214 g/mol. The van der Waals surface area contributed by atoms with E-state index in [0.29, 0.717) is 5.82 Å². The van der Waals surface area contributed by atoms with E-state index in [-0.39, 0.29) is 5.38 Å². The van der Waals surface area contributed by atoms with Gasteiger partial charge in [0.2, 0.25) is 0 Å². The van der Waals surface area contributed by atoms with E-state index in [4.69, 9.17) is 11.6 Å². The van der Waals surface area contributed by atoms with Gasteiger partial charge in [-0.05, 0) is 32.9 Å². The Labute approximate surface area is 88.7 Å². The number of likely N-dealkylation sites (tertiary alicyclic amines) is 1. The van der Waals surface area contributed by atoms with Gasteiger partial charge in [-0.15, -0.1) is 11.6 Å². The van der Waals surface area contributed by atoms with Crippen molar-refractivity contribution in [1.29, 1.82) is 0 Å². The smallest absolute Gasteiger partial charge is 0.168 e. The third-order valence-corrected chi connectivity index (χ3v) is 2.67. The van der Waals surface area contributed by atoms with Gasteiger partial charge in [0.1, 0.15) is 5.82 Å². The molecule has 0 spiro atoms. The normalized spacial score (nSPS) is 20.1. The van der Waals surface area contributed by atoms with Crippen molar-refractivity contribution in [1.82, 2.24) is 20.1 Å². The van der Waals surface area contributed by atoms with Gasteiger partial charge in [-0.3, -0.25) is 10.00 Å². The topological polar surface area (TPSA) is 44.8 Å². The van der Waals surface area contributed by atoms with Crippen molar-refractivity contribution in [3.8, 4) is 0 Å². The predicted octanol–water partition coefficient (Wildman–Crippen LogP) is 1.70. The molecule has 1 saturated heterocycles. The number of hydrogen-bond acceptors (Lipinski definition) is 3. The Morgan fingerprint density at radius 2 is 2.21 bits per heavy atom. The van der Waals surface area contributed by atoms with Gasteiger partial charge in [0, 0.05) is 0 Å². The van der Waals surface area contributed by atoms with Gasteiger partial charge in [0.25, 0.3) is 0 Å². The van der Waals surface area contributed by atoms with Crippen LogP contribution in [0.2, 0.25) is 0 Å². The maximum Gasteiger partial charge on any atom is 0.168 e. The molecule has 78 valence electrons. The van der Waals surface area contributed by atoms with E-state index in [1.807, 2.05) is 6.92 Å². The van der Waals surface area contributed by atoms with Crippen molar-refractivity contribution in [2.24, 2.45) is 0 Å². The molecule has 1 N–H and O–H groups in total. The molecule has 0 saturated carbocycles. The number of rotatable bonds is 3. The average Bonchev–Trinajstić information content (AvgIpc) is 2.75. The molecule has 0 aliphatic carbocycles. The first kappa shape index (κ1) is 9.93. The Kier molecular flexibility index (Phi) is 3.03. The number of alkyl halides is 1. The summed E-state index contributed by atoms with van der Waals surface area (Å²) in [6.45, 7) is 5.10. The summed E-state index contributed by atoms with van der Waals surface area (Å²) in [7, 11) is 0. The highest BCUT2D eigenvalue weighted by Crippen LogP contribution is 2.15. The van der Waals surface area contributed by atoms with Gasteiger partial charge >= 0.3 is 0 Å². The third-order valence-electron chi connectivity index (χ3n) is 2.48. The van der Waals surface area contributed by atoms with Crippen LogP contribution in [0.1, 0.15) is 36.8 Å². The third kappa shape index (κ3) is 2.25. The Balaban J connectivity index is 1.95. The Morgan fingerprint density at radius 1 is 1.50 bits per heavy atom. The summed E-state index contributed by atoms with van der Waals surface area (Å²) in [5.74, 6) is 1.62. The molecule has 5 heteroatoms. The Morgan fingerprint density at radius 3 is 2.79 bits per heavy atom. The lowest BCUT2D eigenvalue weighted by molar-refractivity contribution is 0.323. The van der Waals surface area contributed by atoms with Crippen LogP contribution in [0.25, 0.3) is 0 Å². The standard InChI is InChI=1S/C9H15ClN4/c1-7(10)9-11-8(12-13-9)6-14-4-2-3-5-14/h7H,2-6H2,1H3,(H,11,12,13). The Hall–Kier alpha value is -0.610. The van der Waals surface area contributed by atoms with Crippen molar-refractivity contribution in [3.05, 3.63) is 11.6 Å². The number of halogens is 1. The van der Waals surface area contributed by atoms with E-state index < -0.39 is 0 Å². The summed E-state index contributed by atoms with van der Waals surface area (Å²) < 4.78 is 0. The fraction of sp³-hybridized carbons (Fsp3) is 0.778. The number of aromatic amines is 1. The summed E-state index contributed by atoms with van der Waals surface area (Å²) in [4.78, 5) is 6.71. The molecule has 0 radical (unpaired) electrons. The number of nitrogens with zero attached hydrogens (tertiary/aromatic N) is 3. The molecule has 1 atom stereocenters. The van der Waals surface area contributed by atoms with E-state index in [2.05, 4.69) is 20.1 Å². The molecule has 14 heavy (non-hydrogen) atoms. The van der Waals surface area contributed by atoms with Crippen LogP contribution in [-0.4, -0.2) is 33.2 Å². The Bertz CT molecular complexity index is 291. The van der Waals surface area contributed by atoms with Gasteiger partial charge in [-0.1, -0.05) is 0 Å². The first-order valence-electron chi connectivity index (χ1n) is 5.03. The maximum absolute atomic E-state index is 5.87. The summed E-state index contributed by atoms with van der Waals surface area (Å²) in [5.41, 5.74) is 0. The van der Waals surface area contributed by atoms with E-state index in [1.54, 1.807) is 0 Å². The number of H-pyrrole nitrogens is 1. The molecular formula is C9H15ClN4. The van der Waals surface area contributed by atoms with Gasteiger partial charge in [0.05, 0.1) is 11.9 Å².